The Morgan fingerprint density at radius 1 is 1.14 bits per heavy atom. The number of nitrogens with zero attached hydrogens (tertiary/aromatic N) is 1. The van der Waals surface area contributed by atoms with E-state index in [9.17, 15) is 9.59 Å². The molecule has 1 saturated heterocycles. The van der Waals surface area contributed by atoms with Crippen LogP contribution in [0, 0.1) is 5.92 Å². The maximum Gasteiger partial charge on any atom is 0.410 e. The van der Waals surface area contributed by atoms with E-state index in [1.165, 1.54) is 6.42 Å². The van der Waals surface area contributed by atoms with Gasteiger partial charge in [-0.25, -0.2) is 4.79 Å². The summed E-state index contributed by atoms with van der Waals surface area (Å²) in [5.41, 5.74) is 0.0691. The summed E-state index contributed by atoms with van der Waals surface area (Å²) in [4.78, 5) is 27.1. The van der Waals surface area contributed by atoms with Crippen LogP contribution in [-0.2, 0) is 4.74 Å². The highest BCUT2D eigenvalue weighted by molar-refractivity contribution is 5.97. The van der Waals surface area contributed by atoms with Gasteiger partial charge in [0, 0.05) is 19.1 Å². The summed E-state index contributed by atoms with van der Waals surface area (Å²) in [5, 5.41) is 3.13. The number of ether oxygens (including phenoxy) is 2. The fourth-order valence-corrected chi connectivity index (χ4v) is 3.74. The SMILES string of the molecule is C[C@@H](NC(=O)c1ccccc1OC1CCC1)[C@@H]1CCCN(C(=O)OC(C)(C)C)C1. The van der Waals surface area contributed by atoms with Gasteiger partial charge in [0.05, 0.1) is 11.7 Å². The van der Waals surface area contributed by atoms with E-state index in [1.54, 1.807) is 4.90 Å². The Morgan fingerprint density at radius 3 is 2.52 bits per heavy atom. The Morgan fingerprint density at radius 2 is 1.86 bits per heavy atom. The molecule has 0 bridgehead atoms. The summed E-state index contributed by atoms with van der Waals surface area (Å²) >= 11 is 0. The van der Waals surface area contributed by atoms with Gasteiger partial charge in [0.1, 0.15) is 11.4 Å². The van der Waals surface area contributed by atoms with Crippen molar-refractivity contribution >= 4 is 12.0 Å². The summed E-state index contributed by atoms with van der Waals surface area (Å²) in [6, 6.07) is 7.38. The van der Waals surface area contributed by atoms with Crippen molar-refractivity contribution in [1.29, 1.82) is 0 Å². The molecule has 1 aliphatic heterocycles. The van der Waals surface area contributed by atoms with Crippen LogP contribution in [0.15, 0.2) is 24.3 Å². The average molecular weight is 403 g/mol. The van der Waals surface area contributed by atoms with Gasteiger partial charge in [-0.1, -0.05) is 12.1 Å². The van der Waals surface area contributed by atoms with Crippen LogP contribution < -0.4 is 10.1 Å². The van der Waals surface area contributed by atoms with Crippen LogP contribution in [0.3, 0.4) is 0 Å². The molecule has 2 fully saturated rings. The number of para-hydroxylation sites is 1. The van der Waals surface area contributed by atoms with Gasteiger partial charge in [0.15, 0.2) is 0 Å². The van der Waals surface area contributed by atoms with E-state index in [1.807, 2.05) is 52.0 Å². The van der Waals surface area contributed by atoms with Crippen LogP contribution >= 0.6 is 0 Å². The monoisotopic (exact) mass is 402 g/mol. The smallest absolute Gasteiger partial charge is 0.410 e. The normalized spacial score (nSPS) is 21.1. The van der Waals surface area contributed by atoms with Crippen molar-refractivity contribution in [3.8, 4) is 5.75 Å². The maximum absolute atomic E-state index is 12.9. The van der Waals surface area contributed by atoms with E-state index in [0.29, 0.717) is 24.4 Å². The lowest BCUT2D eigenvalue weighted by molar-refractivity contribution is 0.0150. The molecular weight excluding hydrogens is 368 g/mol. The number of hydrogen-bond acceptors (Lipinski definition) is 4. The zero-order valence-electron chi connectivity index (χ0n) is 18.1. The van der Waals surface area contributed by atoms with Gasteiger partial charge in [-0.2, -0.15) is 0 Å². The molecule has 2 aliphatic rings. The minimum atomic E-state index is -0.506. The van der Waals surface area contributed by atoms with Crippen molar-refractivity contribution < 1.29 is 19.1 Å². The first kappa shape index (κ1) is 21.5. The molecule has 160 valence electrons. The Balaban J connectivity index is 1.59. The van der Waals surface area contributed by atoms with E-state index < -0.39 is 5.60 Å². The predicted molar refractivity (Wildman–Crippen MR) is 112 cm³/mol. The number of amides is 2. The number of nitrogens with one attached hydrogen (secondary N) is 1. The van der Waals surface area contributed by atoms with Crippen LogP contribution in [0.4, 0.5) is 4.79 Å². The van der Waals surface area contributed by atoms with Gasteiger partial charge in [0.25, 0.3) is 5.91 Å². The van der Waals surface area contributed by atoms with Crippen molar-refractivity contribution in [3.05, 3.63) is 29.8 Å². The standard InChI is InChI=1S/C23H34N2O4/c1-16(17-9-8-14-25(15-17)22(27)29-23(2,3)4)24-21(26)19-12-5-6-13-20(19)28-18-10-7-11-18/h5-6,12-13,16-18H,7-11,14-15H2,1-4H3,(H,24,26)/t16-,17-/m1/s1. The first-order valence-electron chi connectivity index (χ1n) is 10.8. The number of hydrogen-bond donors (Lipinski definition) is 1. The molecule has 3 rings (SSSR count). The van der Waals surface area contributed by atoms with E-state index >= 15 is 0 Å². The fourth-order valence-electron chi connectivity index (χ4n) is 3.74. The average Bonchev–Trinajstić information content (AvgIpc) is 2.63. The lowest BCUT2D eigenvalue weighted by Crippen LogP contribution is -2.49. The first-order valence-corrected chi connectivity index (χ1v) is 10.8. The number of rotatable bonds is 5. The Labute approximate surface area is 173 Å². The Hall–Kier alpha value is -2.24. The number of carbonyl (C=O) groups excluding carboxylic acids is 2. The van der Waals surface area contributed by atoms with Crippen molar-refractivity contribution in [3.63, 3.8) is 0 Å². The topological polar surface area (TPSA) is 67.9 Å². The molecule has 6 nitrogen and oxygen atoms in total. The highest BCUT2D eigenvalue weighted by Crippen LogP contribution is 2.28. The highest BCUT2D eigenvalue weighted by Gasteiger charge is 2.31. The second-order valence-electron chi connectivity index (χ2n) is 9.26. The molecule has 0 radical (unpaired) electrons. The van der Waals surface area contributed by atoms with E-state index in [0.717, 1.165) is 25.7 Å². The van der Waals surface area contributed by atoms with E-state index in [4.69, 9.17) is 9.47 Å². The molecule has 1 heterocycles. The van der Waals surface area contributed by atoms with Gasteiger partial charge in [-0.3, -0.25) is 4.79 Å². The summed E-state index contributed by atoms with van der Waals surface area (Å²) in [5.74, 6) is 0.725. The van der Waals surface area contributed by atoms with Gasteiger partial charge in [-0.15, -0.1) is 0 Å². The number of piperidine rings is 1. The predicted octanol–water partition coefficient (Wildman–Crippen LogP) is 4.38. The first-order chi connectivity index (χ1) is 13.7. The van der Waals surface area contributed by atoms with E-state index in [-0.39, 0.29) is 30.1 Å². The minimum absolute atomic E-state index is 0.0514. The van der Waals surface area contributed by atoms with Crippen LogP contribution in [0.25, 0.3) is 0 Å². The van der Waals surface area contributed by atoms with E-state index in [2.05, 4.69) is 5.32 Å². The van der Waals surface area contributed by atoms with Crippen molar-refractivity contribution in [2.75, 3.05) is 13.1 Å². The summed E-state index contributed by atoms with van der Waals surface area (Å²) in [6.45, 7) is 8.92. The highest BCUT2D eigenvalue weighted by atomic mass is 16.6. The summed E-state index contributed by atoms with van der Waals surface area (Å²) in [7, 11) is 0. The Bertz CT molecular complexity index is 724. The largest absolute Gasteiger partial charge is 0.490 e. The third kappa shape index (κ3) is 5.87. The summed E-state index contributed by atoms with van der Waals surface area (Å²) in [6.07, 6.45) is 5.12. The van der Waals surface area contributed by atoms with Crippen LogP contribution in [0.5, 0.6) is 5.75 Å². The molecule has 6 heteroatoms. The molecule has 2 atom stereocenters. The fraction of sp³-hybridized carbons (Fsp3) is 0.652. The second kappa shape index (κ2) is 9.06. The number of carbonyl (C=O) groups is 2. The van der Waals surface area contributed by atoms with Crippen LogP contribution in [-0.4, -0.2) is 47.7 Å². The quantitative estimate of drug-likeness (QED) is 0.793. The summed E-state index contributed by atoms with van der Waals surface area (Å²) < 4.78 is 11.5. The molecule has 1 aromatic rings. The van der Waals surface area contributed by atoms with Gasteiger partial charge >= 0.3 is 6.09 Å². The molecule has 1 N–H and O–H groups in total. The molecule has 1 saturated carbocycles. The maximum atomic E-state index is 12.9. The number of likely N-dealkylation sites (tertiary alicyclic amines) is 1. The lowest BCUT2D eigenvalue weighted by atomic mass is 9.91. The van der Waals surface area contributed by atoms with Gasteiger partial charge < -0.3 is 19.7 Å². The molecule has 29 heavy (non-hydrogen) atoms. The second-order valence-corrected chi connectivity index (χ2v) is 9.26. The molecule has 0 aromatic heterocycles. The van der Waals surface area contributed by atoms with Crippen LogP contribution in [0.1, 0.15) is 70.2 Å². The number of benzene rings is 1. The van der Waals surface area contributed by atoms with Crippen molar-refractivity contribution in [2.24, 2.45) is 5.92 Å². The molecule has 0 unspecified atom stereocenters. The molecule has 1 aliphatic carbocycles. The van der Waals surface area contributed by atoms with Gasteiger partial charge in [0.2, 0.25) is 0 Å². The van der Waals surface area contributed by atoms with Gasteiger partial charge in [-0.05, 0) is 77.8 Å². The Kier molecular flexibility index (Phi) is 6.70. The molecule has 1 aromatic carbocycles. The third-order valence-electron chi connectivity index (χ3n) is 5.65. The van der Waals surface area contributed by atoms with Crippen molar-refractivity contribution in [2.45, 2.75) is 77.5 Å². The zero-order valence-corrected chi connectivity index (χ0v) is 18.1. The third-order valence-corrected chi connectivity index (χ3v) is 5.65. The molecule has 2 amide bonds. The molecule has 0 spiro atoms. The van der Waals surface area contributed by atoms with Crippen molar-refractivity contribution in [1.82, 2.24) is 10.2 Å². The minimum Gasteiger partial charge on any atom is -0.490 e. The molecular formula is C23H34N2O4. The zero-order chi connectivity index (χ0) is 21.0. The van der Waals surface area contributed by atoms with Crippen LogP contribution in [0.2, 0.25) is 0 Å². The lowest BCUT2D eigenvalue weighted by Gasteiger charge is -2.36.